The van der Waals surface area contributed by atoms with Crippen molar-refractivity contribution in [1.82, 2.24) is 9.38 Å². The minimum atomic E-state index is -0.429. The van der Waals surface area contributed by atoms with Gasteiger partial charge in [-0.05, 0) is 25.3 Å². The summed E-state index contributed by atoms with van der Waals surface area (Å²) in [6, 6.07) is 14.0. The van der Waals surface area contributed by atoms with Crippen molar-refractivity contribution in [3.8, 4) is 11.3 Å². The van der Waals surface area contributed by atoms with Crippen LogP contribution in [0.5, 0.6) is 0 Å². The van der Waals surface area contributed by atoms with Gasteiger partial charge in [-0.25, -0.2) is 4.98 Å². The number of hydrogen-bond acceptors (Lipinski definition) is 6. The molecule has 1 N–H and O–H groups in total. The van der Waals surface area contributed by atoms with Gasteiger partial charge in [0.1, 0.15) is 4.88 Å². The van der Waals surface area contributed by atoms with Gasteiger partial charge in [0.15, 0.2) is 4.96 Å². The molecule has 0 saturated carbocycles. The molecule has 1 amide bonds. The molecule has 2 heterocycles. The summed E-state index contributed by atoms with van der Waals surface area (Å²) in [5, 5.41) is 14.0. The van der Waals surface area contributed by atoms with Gasteiger partial charge in [0, 0.05) is 34.5 Å². The fraction of sp³-hybridized carbons (Fsp3) is 0.100. The Hall–Kier alpha value is -3.17. The first kappa shape index (κ1) is 19.2. The highest BCUT2D eigenvalue weighted by Gasteiger charge is 2.19. The molecule has 0 unspecified atom stereocenters. The number of aromatic nitrogens is 2. The van der Waals surface area contributed by atoms with Gasteiger partial charge in [-0.1, -0.05) is 35.6 Å². The Morgan fingerprint density at radius 2 is 2.03 bits per heavy atom. The van der Waals surface area contributed by atoms with E-state index in [0.29, 0.717) is 21.1 Å². The number of carbonyl (C=O) groups excluding carboxylic acids is 1. The van der Waals surface area contributed by atoms with Crippen LogP contribution in [0.15, 0.2) is 59.6 Å². The number of non-ortho nitro benzene ring substituents is 1. The number of nitrogens with zero attached hydrogens (tertiary/aromatic N) is 3. The quantitative estimate of drug-likeness (QED) is 0.268. The third kappa shape index (κ3) is 3.62. The monoisotopic (exact) mass is 424 g/mol. The normalized spacial score (nSPS) is 11.0. The molecule has 2 aromatic heterocycles. The molecule has 0 aliphatic carbocycles. The summed E-state index contributed by atoms with van der Waals surface area (Å²) in [6.45, 7) is 1.86. The Kier molecular flexibility index (Phi) is 5.08. The van der Waals surface area contributed by atoms with Crippen molar-refractivity contribution in [1.29, 1.82) is 0 Å². The lowest BCUT2D eigenvalue weighted by molar-refractivity contribution is -0.384. The number of imidazole rings is 1. The van der Waals surface area contributed by atoms with E-state index in [0.717, 1.165) is 16.3 Å². The van der Waals surface area contributed by atoms with E-state index in [4.69, 9.17) is 0 Å². The predicted octanol–water partition coefficient (Wildman–Crippen LogP) is 5.25. The summed E-state index contributed by atoms with van der Waals surface area (Å²) < 4.78 is 1.84. The van der Waals surface area contributed by atoms with E-state index in [1.165, 1.54) is 23.5 Å². The first-order valence-corrected chi connectivity index (χ1v) is 10.7. The number of anilines is 1. The molecule has 0 saturated heterocycles. The van der Waals surface area contributed by atoms with Crippen LogP contribution in [0.25, 0.3) is 16.2 Å². The second-order valence-electron chi connectivity index (χ2n) is 6.26. The zero-order chi connectivity index (χ0) is 20.5. The largest absolute Gasteiger partial charge is 0.320 e. The van der Waals surface area contributed by atoms with Gasteiger partial charge in [-0.3, -0.25) is 19.3 Å². The third-order valence-electron chi connectivity index (χ3n) is 4.47. The summed E-state index contributed by atoms with van der Waals surface area (Å²) in [6.07, 6.45) is 3.76. The molecular weight excluding hydrogens is 408 g/mol. The Labute approximate surface area is 174 Å². The average molecular weight is 425 g/mol. The second kappa shape index (κ2) is 7.69. The van der Waals surface area contributed by atoms with E-state index in [1.54, 1.807) is 30.1 Å². The van der Waals surface area contributed by atoms with E-state index in [1.807, 2.05) is 41.8 Å². The first-order chi connectivity index (χ1) is 14.0. The molecule has 0 bridgehead atoms. The molecule has 2 aromatic carbocycles. The van der Waals surface area contributed by atoms with Crippen molar-refractivity contribution in [3.05, 3.63) is 75.4 Å². The smallest absolute Gasteiger partial charge is 0.270 e. The summed E-state index contributed by atoms with van der Waals surface area (Å²) in [5.74, 6) is -0.184. The lowest BCUT2D eigenvalue weighted by Gasteiger charge is -2.08. The van der Waals surface area contributed by atoms with Gasteiger partial charge in [0.05, 0.1) is 16.3 Å². The number of amides is 1. The zero-order valence-electron chi connectivity index (χ0n) is 15.6. The van der Waals surface area contributed by atoms with E-state index in [2.05, 4.69) is 10.3 Å². The molecule has 0 aliphatic heterocycles. The fourth-order valence-corrected chi connectivity index (χ4v) is 4.56. The lowest BCUT2D eigenvalue weighted by atomic mass is 10.1. The minimum absolute atomic E-state index is 0.0168. The minimum Gasteiger partial charge on any atom is -0.320 e. The Bertz CT molecular complexity index is 1250. The van der Waals surface area contributed by atoms with E-state index in [9.17, 15) is 14.9 Å². The van der Waals surface area contributed by atoms with Gasteiger partial charge in [0.2, 0.25) is 0 Å². The number of carbonyl (C=O) groups is 1. The number of nitro benzene ring substituents is 1. The van der Waals surface area contributed by atoms with Crippen LogP contribution in [-0.4, -0.2) is 26.5 Å². The van der Waals surface area contributed by atoms with Crippen LogP contribution in [0.1, 0.15) is 15.4 Å². The van der Waals surface area contributed by atoms with Gasteiger partial charge < -0.3 is 5.32 Å². The number of aryl methyl sites for hydroxylation is 1. The van der Waals surface area contributed by atoms with E-state index in [-0.39, 0.29) is 11.6 Å². The maximum Gasteiger partial charge on any atom is 0.270 e. The zero-order valence-corrected chi connectivity index (χ0v) is 17.2. The van der Waals surface area contributed by atoms with Crippen molar-refractivity contribution >= 4 is 45.3 Å². The molecule has 0 fully saturated rings. The molecule has 4 rings (SSSR count). The van der Waals surface area contributed by atoms with Gasteiger partial charge in [0.25, 0.3) is 11.6 Å². The molecule has 0 spiro atoms. The Balaban J connectivity index is 1.66. The SMILES string of the molecule is CSc1ccccc1NC(=O)c1sc2nc(-c3cccc([N+](=O)[O-])c3)cn2c1C. The Morgan fingerprint density at radius 3 is 2.76 bits per heavy atom. The van der Waals surface area contributed by atoms with Gasteiger partial charge in [-0.2, -0.15) is 0 Å². The Morgan fingerprint density at radius 1 is 1.24 bits per heavy atom. The molecule has 9 heteroatoms. The number of rotatable bonds is 5. The molecule has 4 aromatic rings. The number of para-hydroxylation sites is 1. The molecule has 0 atom stereocenters. The maximum atomic E-state index is 12.8. The van der Waals surface area contributed by atoms with Gasteiger partial charge in [-0.15, -0.1) is 11.8 Å². The number of benzene rings is 2. The van der Waals surface area contributed by atoms with Crippen molar-refractivity contribution < 1.29 is 9.72 Å². The van der Waals surface area contributed by atoms with Crippen LogP contribution in [0.4, 0.5) is 11.4 Å². The van der Waals surface area contributed by atoms with Crippen molar-refractivity contribution in [3.63, 3.8) is 0 Å². The van der Waals surface area contributed by atoms with Crippen LogP contribution < -0.4 is 5.32 Å². The number of nitro groups is 1. The first-order valence-electron chi connectivity index (χ1n) is 8.65. The highest BCUT2D eigenvalue weighted by molar-refractivity contribution is 7.98. The van der Waals surface area contributed by atoms with Crippen LogP contribution in [0.2, 0.25) is 0 Å². The van der Waals surface area contributed by atoms with E-state index < -0.39 is 4.92 Å². The summed E-state index contributed by atoms with van der Waals surface area (Å²) >= 11 is 2.86. The third-order valence-corrected chi connectivity index (χ3v) is 6.42. The van der Waals surface area contributed by atoms with Crippen molar-refractivity contribution in [2.24, 2.45) is 0 Å². The molecule has 7 nitrogen and oxygen atoms in total. The number of fused-ring (bicyclic) bond motifs is 1. The number of hydrogen-bond donors (Lipinski definition) is 1. The molecular formula is C20H16N4O3S2. The second-order valence-corrected chi connectivity index (χ2v) is 8.08. The molecule has 146 valence electrons. The van der Waals surface area contributed by atoms with Crippen LogP contribution in [0, 0.1) is 17.0 Å². The topological polar surface area (TPSA) is 89.5 Å². The number of nitrogens with one attached hydrogen (secondary N) is 1. The van der Waals surface area contributed by atoms with Crippen molar-refractivity contribution in [2.45, 2.75) is 11.8 Å². The molecule has 0 radical (unpaired) electrons. The highest BCUT2D eigenvalue weighted by atomic mass is 32.2. The number of thiazole rings is 1. The molecule has 0 aliphatic rings. The van der Waals surface area contributed by atoms with Crippen LogP contribution >= 0.6 is 23.1 Å². The van der Waals surface area contributed by atoms with Crippen LogP contribution in [0.3, 0.4) is 0 Å². The highest BCUT2D eigenvalue weighted by Crippen LogP contribution is 2.30. The summed E-state index contributed by atoms with van der Waals surface area (Å²) in [7, 11) is 0. The molecule has 29 heavy (non-hydrogen) atoms. The van der Waals surface area contributed by atoms with Crippen LogP contribution in [-0.2, 0) is 0 Å². The van der Waals surface area contributed by atoms with Gasteiger partial charge >= 0.3 is 0 Å². The summed E-state index contributed by atoms with van der Waals surface area (Å²) in [4.78, 5) is 30.2. The number of thioether (sulfide) groups is 1. The standard InChI is InChI=1S/C20H16N4O3S2/c1-12-18(19(25)21-15-8-3-4-9-17(15)28-2)29-20-22-16(11-23(12)20)13-6-5-7-14(10-13)24(26)27/h3-11H,1-2H3,(H,21,25). The maximum absolute atomic E-state index is 12.8. The van der Waals surface area contributed by atoms with E-state index >= 15 is 0 Å². The fourth-order valence-electron chi connectivity index (χ4n) is 3.01. The van der Waals surface area contributed by atoms with Crippen molar-refractivity contribution in [2.75, 3.05) is 11.6 Å². The summed E-state index contributed by atoms with van der Waals surface area (Å²) in [5.41, 5.74) is 2.85. The lowest BCUT2D eigenvalue weighted by Crippen LogP contribution is -2.12. The predicted molar refractivity (Wildman–Crippen MR) is 116 cm³/mol. The average Bonchev–Trinajstić information content (AvgIpc) is 3.28.